The van der Waals surface area contributed by atoms with E-state index in [1.165, 1.54) is 12.8 Å². The highest BCUT2D eigenvalue weighted by atomic mass is 19.4. The number of amides is 2. The summed E-state index contributed by atoms with van der Waals surface area (Å²) < 4.78 is 31.7. The molecule has 1 fully saturated rings. The number of urea groups is 1. The van der Waals surface area contributed by atoms with E-state index < -0.39 is 12.1 Å². The van der Waals surface area contributed by atoms with Gasteiger partial charge in [-0.25, -0.2) is 14.6 Å². The number of nitrogens with zero attached hydrogens (tertiary/aromatic N) is 3. The molecule has 156 valence electrons. The summed E-state index contributed by atoms with van der Waals surface area (Å²) in [7, 11) is 0. The number of carbonyl (C=O) groups excluding carboxylic acids is 1. The van der Waals surface area contributed by atoms with E-state index in [0.717, 1.165) is 36.9 Å². The lowest BCUT2D eigenvalue weighted by Gasteiger charge is -2.24. The van der Waals surface area contributed by atoms with Gasteiger partial charge in [-0.15, -0.1) is 0 Å². The minimum Gasteiger partial charge on any atom is -0.475 e. The van der Waals surface area contributed by atoms with Gasteiger partial charge in [0.15, 0.2) is 0 Å². The van der Waals surface area contributed by atoms with Gasteiger partial charge in [0.1, 0.15) is 5.82 Å². The van der Waals surface area contributed by atoms with Gasteiger partial charge in [0.2, 0.25) is 0 Å². The highest BCUT2D eigenvalue weighted by Crippen LogP contribution is 2.32. The van der Waals surface area contributed by atoms with Crippen LogP contribution in [0.15, 0.2) is 18.3 Å². The number of anilines is 1. The molecule has 2 aliphatic rings. The van der Waals surface area contributed by atoms with Gasteiger partial charge >= 0.3 is 18.2 Å². The lowest BCUT2D eigenvalue weighted by Crippen LogP contribution is -2.44. The Labute approximate surface area is 161 Å². The number of halogens is 3. The van der Waals surface area contributed by atoms with Crippen molar-refractivity contribution < 1.29 is 27.9 Å². The van der Waals surface area contributed by atoms with Crippen molar-refractivity contribution in [3.8, 4) is 0 Å². The van der Waals surface area contributed by atoms with Crippen molar-refractivity contribution in [1.29, 1.82) is 0 Å². The molecule has 0 unspecified atom stereocenters. The van der Waals surface area contributed by atoms with Crippen molar-refractivity contribution in [1.82, 2.24) is 15.2 Å². The van der Waals surface area contributed by atoms with Gasteiger partial charge in [0.25, 0.3) is 0 Å². The van der Waals surface area contributed by atoms with Crippen LogP contribution < -0.4 is 10.2 Å². The minimum atomic E-state index is -5.08. The number of fused-ring (bicyclic) bond motifs is 1. The van der Waals surface area contributed by atoms with E-state index in [1.807, 2.05) is 31.0 Å². The SMILES string of the molecule is CC(C)NC(=O)N1CCN(CC2CC2)c2ncccc2C1.O=C(O)C(F)(F)F. The Hall–Kier alpha value is -2.52. The molecule has 1 aromatic heterocycles. The Kier molecular flexibility index (Phi) is 7.09. The van der Waals surface area contributed by atoms with Crippen LogP contribution in [-0.4, -0.2) is 58.8 Å². The number of alkyl halides is 3. The highest BCUT2D eigenvalue weighted by Gasteiger charge is 2.38. The lowest BCUT2D eigenvalue weighted by atomic mass is 10.2. The second kappa shape index (κ2) is 9.11. The van der Waals surface area contributed by atoms with Crippen LogP contribution in [0.4, 0.5) is 23.8 Å². The standard InChI is InChI=1S/C16H24N4O.C2HF3O2/c1-12(2)18-16(21)20-9-8-19(10-13-5-6-13)15-14(11-20)4-3-7-17-15;3-2(4,5)1(6)7/h3-4,7,12-13H,5-6,8-11H2,1-2H3,(H,18,21);(H,6,7). The number of hydrogen-bond acceptors (Lipinski definition) is 4. The molecule has 1 aromatic rings. The molecule has 7 nitrogen and oxygen atoms in total. The molecule has 2 N–H and O–H groups in total. The molecule has 1 aliphatic carbocycles. The van der Waals surface area contributed by atoms with E-state index in [1.54, 1.807) is 0 Å². The number of carboxylic acids is 1. The van der Waals surface area contributed by atoms with Crippen LogP contribution in [-0.2, 0) is 11.3 Å². The van der Waals surface area contributed by atoms with Crippen molar-refractivity contribution in [3.05, 3.63) is 23.9 Å². The molecule has 1 aliphatic heterocycles. The number of rotatable bonds is 3. The van der Waals surface area contributed by atoms with E-state index in [-0.39, 0.29) is 12.1 Å². The largest absolute Gasteiger partial charge is 0.490 e. The summed E-state index contributed by atoms with van der Waals surface area (Å²) in [5.41, 5.74) is 1.15. The van der Waals surface area contributed by atoms with Crippen molar-refractivity contribution >= 4 is 17.8 Å². The topological polar surface area (TPSA) is 85.8 Å². The first-order valence-electron chi connectivity index (χ1n) is 9.12. The average molecular weight is 402 g/mol. The molecule has 0 atom stereocenters. The Morgan fingerprint density at radius 2 is 1.96 bits per heavy atom. The van der Waals surface area contributed by atoms with Crippen LogP contribution in [0.2, 0.25) is 0 Å². The summed E-state index contributed by atoms with van der Waals surface area (Å²) in [6.45, 7) is 7.31. The van der Waals surface area contributed by atoms with E-state index in [0.29, 0.717) is 6.54 Å². The van der Waals surface area contributed by atoms with Crippen LogP contribution in [0.25, 0.3) is 0 Å². The summed E-state index contributed by atoms with van der Waals surface area (Å²) in [5.74, 6) is -0.882. The highest BCUT2D eigenvalue weighted by molar-refractivity contribution is 5.75. The summed E-state index contributed by atoms with van der Waals surface area (Å²) in [4.78, 5) is 30.0. The fourth-order valence-electron chi connectivity index (χ4n) is 2.77. The average Bonchev–Trinajstić information content (AvgIpc) is 3.42. The van der Waals surface area contributed by atoms with Gasteiger partial charge in [-0.1, -0.05) is 6.07 Å². The predicted molar refractivity (Wildman–Crippen MR) is 96.9 cm³/mol. The zero-order chi connectivity index (χ0) is 20.9. The third-order valence-electron chi connectivity index (χ3n) is 4.29. The first-order chi connectivity index (χ1) is 13.1. The van der Waals surface area contributed by atoms with E-state index in [4.69, 9.17) is 9.90 Å². The molecule has 0 radical (unpaired) electrons. The summed E-state index contributed by atoms with van der Waals surface area (Å²) in [6.07, 6.45) is -0.574. The maximum atomic E-state index is 12.3. The van der Waals surface area contributed by atoms with Gasteiger partial charge in [-0.3, -0.25) is 0 Å². The number of aliphatic carboxylic acids is 1. The molecule has 1 saturated carbocycles. The molecule has 0 aromatic carbocycles. The van der Waals surface area contributed by atoms with Crippen LogP contribution in [0.1, 0.15) is 32.3 Å². The zero-order valence-electron chi connectivity index (χ0n) is 15.9. The lowest BCUT2D eigenvalue weighted by molar-refractivity contribution is -0.192. The Morgan fingerprint density at radius 1 is 1.32 bits per heavy atom. The molecule has 28 heavy (non-hydrogen) atoms. The first-order valence-corrected chi connectivity index (χ1v) is 9.12. The number of carbonyl (C=O) groups is 2. The molecule has 0 spiro atoms. The third-order valence-corrected chi connectivity index (χ3v) is 4.29. The van der Waals surface area contributed by atoms with Gasteiger partial charge < -0.3 is 20.2 Å². The zero-order valence-corrected chi connectivity index (χ0v) is 15.9. The van der Waals surface area contributed by atoms with E-state index >= 15 is 0 Å². The van der Waals surface area contributed by atoms with Crippen molar-refractivity contribution in [2.45, 2.75) is 45.5 Å². The number of hydrogen-bond donors (Lipinski definition) is 2. The van der Waals surface area contributed by atoms with E-state index in [9.17, 15) is 18.0 Å². The smallest absolute Gasteiger partial charge is 0.475 e. The van der Waals surface area contributed by atoms with Gasteiger partial charge in [0.05, 0.1) is 6.54 Å². The molecular formula is C18H25F3N4O3. The molecule has 3 rings (SSSR count). The Balaban J connectivity index is 0.000000345. The third kappa shape index (κ3) is 6.58. The van der Waals surface area contributed by atoms with Gasteiger partial charge in [-0.2, -0.15) is 13.2 Å². The van der Waals surface area contributed by atoms with Gasteiger partial charge in [0, 0.05) is 37.4 Å². The molecule has 0 bridgehead atoms. The molecule has 0 saturated heterocycles. The van der Waals surface area contributed by atoms with E-state index in [2.05, 4.69) is 21.3 Å². The van der Waals surface area contributed by atoms with Crippen LogP contribution >= 0.6 is 0 Å². The predicted octanol–water partition coefficient (Wildman–Crippen LogP) is 2.86. The first kappa shape index (κ1) is 21.8. The van der Waals surface area contributed by atoms with Gasteiger partial charge in [-0.05, 0) is 38.7 Å². The summed E-state index contributed by atoms with van der Waals surface area (Å²) >= 11 is 0. The van der Waals surface area contributed by atoms with Crippen molar-refractivity contribution in [2.24, 2.45) is 5.92 Å². The van der Waals surface area contributed by atoms with Crippen molar-refractivity contribution in [2.75, 3.05) is 24.5 Å². The molecule has 2 heterocycles. The Bertz CT molecular complexity index is 693. The molecule has 10 heteroatoms. The second-order valence-corrected chi connectivity index (χ2v) is 7.20. The van der Waals surface area contributed by atoms with Crippen LogP contribution in [0.5, 0.6) is 0 Å². The van der Waals surface area contributed by atoms with Crippen LogP contribution in [0, 0.1) is 5.92 Å². The normalized spacial score (nSPS) is 16.6. The number of carboxylic acid groups (broad SMARTS) is 1. The monoisotopic (exact) mass is 402 g/mol. The number of pyridine rings is 1. The summed E-state index contributed by atoms with van der Waals surface area (Å²) in [5, 5.41) is 10.1. The number of nitrogens with one attached hydrogen (secondary N) is 1. The minimum absolute atomic E-state index is 0.0214. The molecule has 2 amide bonds. The Morgan fingerprint density at radius 3 is 2.50 bits per heavy atom. The quantitative estimate of drug-likeness (QED) is 0.812. The molecular weight excluding hydrogens is 377 g/mol. The maximum Gasteiger partial charge on any atom is 0.490 e. The number of aromatic nitrogens is 1. The fourth-order valence-corrected chi connectivity index (χ4v) is 2.77. The maximum absolute atomic E-state index is 12.3. The van der Waals surface area contributed by atoms with Crippen LogP contribution in [0.3, 0.4) is 0 Å². The summed E-state index contributed by atoms with van der Waals surface area (Å²) in [6, 6.07) is 4.23. The second-order valence-electron chi connectivity index (χ2n) is 7.20. The fraction of sp³-hybridized carbons (Fsp3) is 0.611. The van der Waals surface area contributed by atoms with Crippen molar-refractivity contribution in [3.63, 3.8) is 0 Å².